The van der Waals surface area contributed by atoms with E-state index in [0.29, 0.717) is 0 Å². The number of nitrogens with zero attached hydrogens (tertiary/aromatic N) is 1. The van der Waals surface area contributed by atoms with E-state index < -0.39 is 0 Å². The molecule has 0 unspecified atom stereocenters. The number of methoxy groups -OCH3 is 1. The molecule has 0 aliphatic rings. The molecule has 1 aromatic carbocycles. The molecule has 0 radical (unpaired) electrons. The molecule has 1 aromatic rings. The van der Waals surface area contributed by atoms with Crippen molar-refractivity contribution in [2.45, 2.75) is 39.7 Å². The van der Waals surface area contributed by atoms with Crippen LogP contribution in [0, 0.1) is 0 Å². The lowest BCUT2D eigenvalue weighted by Gasteiger charge is -2.23. The second kappa shape index (κ2) is 9.87. The van der Waals surface area contributed by atoms with Crippen molar-refractivity contribution in [1.82, 2.24) is 10.6 Å². The largest absolute Gasteiger partial charge is 0.497 e. The number of nitrogens with one attached hydrogen (secondary N) is 2. The van der Waals surface area contributed by atoms with Crippen LogP contribution in [0.15, 0.2) is 29.3 Å². The minimum Gasteiger partial charge on any atom is -0.497 e. The molecule has 0 atom stereocenters. The van der Waals surface area contributed by atoms with Gasteiger partial charge in [0.25, 0.3) is 0 Å². The molecule has 120 valence electrons. The summed E-state index contributed by atoms with van der Waals surface area (Å²) >= 11 is 0. The van der Waals surface area contributed by atoms with E-state index in [-0.39, 0.29) is 29.5 Å². The Morgan fingerprint density at radius 2 is 1.81 bits per heavy atom. The van der Waals surface area contributed by atoms with Gasteiger partial charge in [-0.25, -0.2) is 0 Å². The molecule has 0 fully saturated rings. The number of rotatable bonds is 5. The van der Waals surface area contributed by atoms with Crippen molar-refractivity contribution in [3.63, 3.8) is 0 Å². The van der Waals surface area contributed by atoms with Crippen molar-refractivity contribution in [3.8, 4) is 5.75 Å². The van der Waals surface area contributed by atoms with Crippen LogP contribution in [0.1, 0.15) is 33.3 Å². The van der Waals surface area contributed by atoms with E-state index in [1.165, 1.54) is 5.56 Å². The van der Waals surface area contributed by atoms with Crippen molar-refractivity contribution in [1.29, 1.82) is 0 Å². The minimum atomic E-state index is 0. The van der Waals surface area contributed by atoms with Gasteiger partial charge in [-0.05, 0) is 51.8 Å². The van der Waals surface area contributed by atoms with Gasteiger partial charge in [-0.3, -0.25) is 4.99 Å². The Kier molecular flexibility index (Phi) is 9.41. The van der Waals surface area contributed by atoms with E-state index in [1.54, 1.807) is 7.11 Å². The fourth-order valence-electron chi connectivity index (χ4n) is 1.75. The summed E-state index contributed by atoms with van der Waals surface area (Å²) in [6.07, 6.45) is 0.921. The van der Waals surface area contributed by atoms with Gasteiger partial charge < -0.3 is 15.4 Å². The van der Waals surface area contributed by atoms with Crippen molar-refractivity contribution >= 4 is 29.9 Å². The fraction of sp³-hybridized carbons (Fsp3) is 0.562. The maximum atomic E-state index is 5.15. The lowest BCUT2D eigenvalue weighted by molar-refractivity contribution is 0.414. The van der Waals surface area contributed by atoms with Gasteiger partial charge >= 0.3 is 0 Å². The number of ether oxygens (including phenoxy) is 1. The molecule has 0 aromatic heterocycles. The second-order valence-electron chi connectivity index (χ2n) is 5.73. The van der Waals surface area contributed by atoms with E-state index in [9.17, 15) is 0 Å². The lowest BCUT2D eigenvalue weighted by Crippen LogP contribution is -2.47. The van der Waals surface area contributed by atoms with E-state index in [2.05, 4.69) is 55.5 Å². The maximum Gasteiger partial charge on any atom is 0.191 e. The molecule has 0 heterocycles. The predicted octanol–water partition coefficient (Wildman–Crippen LogP) is 3.21. The zero-order valence-corrected chi connectivity index (χ0v) is 16.0. The van der Waals surface area contributed by atoms with Crippen LogP contribution < -0.4 is 15.4 Å². The Morgan fingerprint density at radius 1 is 1.19 bits per heavy atom. The fourth-order valence-corrected chi connectivity index (χ4v) is 1.75. The highest BCUT2D eigenvalue weighted by molar-refractivity contribution is 14.0. The Hall–Kier alpha value is -0.980. The highest BCUT2D eigenvalue weighted by atomic mass is 127. The quantitative estimate of drug-likeness (QED) is 0.449. The topological polar surface area (TPSA) is 45.7 Å². The summed E-state index contributed by atoms with van der Waals surface area (Å²) in [5, 5.41) is 6.64. The molecule has 0 aliphatic heterocycles. The Labute approximate surface area is 145 Å². The molecule has 2 N–H and O–H groups in total. The third-order valence-corrected chi connectivity index (χ3v) is 2.67. The molecule has 1 rings (SSSR count). The summed E-state index contributed by atoms with van der Waals surface area (Å²) in [5.41, 5.74) is 1.28. The van der Waals surface area contributed by atoms with Gasteiger partial charge in [0.1, 0.15) is 5.75 Å². The predicted molar refractivity (Wildman–Crippen MR) is 101 cm³/mol. The number of benzene rings is 1. The summed E-state index contributed by atoms with van der Waals surface area (Å²) in [6.45, 7) is 10.1. The molecule has 4 nitrogen and oxygen atoms in total. The van der Waals surface area contributed by atoms with Gasteiger partial charge in [-0.1, -0.05) is 12.1 Å². The first kappa shape index (κ1) is 20.0. The maximum absolute atomic E-state index is 5.15. The zero-order valence-electron chi connectivity index (χ0n) is 13.7. The molecule has 0 amide bonds. The van der Waals surface area contributed by atoms with Gasteiger partial charge in [0.05, 0.1) is 7.11 Å². The second-order valence-corrected chi connectivity index (χ2v) is 5.73. The first-order chi connectivity index (χ1) is 9.44. The van der Waals surface area contributed by atoms with E-state index in [0.717, 1.165) is 31.2 Å². The van der Waals surface area contributed by atoms with Crippen molar-refractivity contribution in [2.75, 3.05) is 20.2 Å². The van der Waals surface area contributed by atoms with Crippen LogP contribution >= 0.6 is 24.0 Å². The van der Waals surface area contributed by atoms with Crippen LogP contribution in [0.2, 0.25) is 0 Å². The number of hydrogen-bond acceptors (Lipinski definition) is 2. The van der Waals surface area contributed by atoms with Crippen LogP contribution in [0.4, 0.5) is 0 Å². The summed E-state index contributed by atoms with van der Waals surface area (Å²) in [7, 11) is 1.68. The summed E-state index contributed by atoms with van der Waals surface area (Å²) in [6, 6.07) is 8.13. The van der Waals surface area contributed by atoms with Crippen molar-refractivity contribution in [3.05, 3.63) is 29.8 Å². The third kappa shape index (κ3) is 8.80. The zero-order chi connectivity index (χ0) is 15.0. The Bertz CT molecular complexity index is 424. The smallest absolute Gasteiger partial charge is 0.191 e. The molecule has 21 heavy (non-hydrogen) atoms. The summed E-state index contributed by atoms with van der Waals surface area (Å²) in [5.74, 6) is 1.76. The monoisotopic (exact) mass is 405 g/mol. The first-order valence-corrected chi connectivity index (χ1v) is 7.14. The van der Waals surface area contributed by atoms with Crippen LogP contribution in [0.25, 0.3) is 0 Å². The average molecular weight is 405 g/mol. The third-order valence-electron chi connectivity index (χ3n) is 2.67. The molecule has 0 saturated heterocycles. The van der Waals surface area contributed by atoms with Crippen molar-refractivity contribution in [2.24, 2.45) is 4.99 Å². The van der Waals surface area contributed by atoms with Gasteiger partial charge in [-0.2, -0.15) is 0 Å². The van der Waals surface area contributed by atoms with Crippen LogP contribution in [-0.2, 0) is 6.42 Å². The minimum absolute atomic E-state index is 0. The van der Waals surface area contributed by atoms with E-state index in [4.69, 9.17) is 4.74 Å². The summed E-state index contributed by atoms with van der Waals surface area (Å²) in [4.78, 5) is 4.60. The number of halogens is 1. The van der Waals surface area contributed by atoms with Crippen molar-refractivity contribution < 1.29 is 4.74 Å². The van der Waals surface area contributed by atoms with Gasteiger partial charge in [0.15, 0.2) is 5.96 Å². The molecule has 0 saturated carbocycles. The molecular formula is C16H28IN3O. The normalized spacial score (nSPS) is 11.6. The Morgan fingerprint density at radius 3 is 2.29 bits per heavy atom. The van der Waals surface area contributed by atoms with Gasteiger partial charge in [-0.15, -0.1) is 24.0 Å². The SMILES string of the molecule is CCNC(=NCCc1ccc(OC)cc1)NC(C)(C)C.I. The number of guanidine groups is 1. The Balaban J connectivity index is 0.00000400. The first-order valence-electron chi connectivity index (χ1n) is 7.14. The number of aliphatic imine (C=N–C) groups is 1. The lowest BCUT2D eigenvalue weighted by atomic mass is 10.1. The molecular weight excluding hydrogens is 377 g/mol. The van der Waals surface area contributed by atoms with E-state index in [1.807, 2.05) is 12.1 Å². The van der Waals surface area contributed by atoms with Crippen LogP contribution in [-0.4, -0.2) is 31.7 Å². The van der Waals surface area contributed by atoms with Gasteiger partial charge in [0.2, 0.25) is 0 Å². The standard InChI is InChI=1S/C16H27N3O.HI/c1-6-17-15(19-16(2,3)4)18-12-11-13-7-9-14(20-5)10-8-13;/h7-10H,6,11-12H2,1-5H3,(H2,17,18,19);1H. The van der Waals surface area contributed by atoms with Crippen LogP contribution in [0.5, 0.6) is 5.75 Å². The highest BCUT2D eigenvalue weighted by Crippen LogP contribution is 2.11. The average Bonchev–Trinajstić information content (AvgIpc) is 2.38. The molecule has 5 heteroatoms. The summed E-state index contributed by atoms with van der Waals surface area (Å²) < 4.78 is 5.15. The molecule has 0 spiro atoms. The van der Waals surface area contributed by atoms with Gasteiger partial charge in [0, 0.05) is 18.6 Å². The highest BCUT2D eigenvalue weighted by Gasteiger charge is 2.11. The molecule has 0 bridgehead atoms. The molecule has 0 aliphatic carbocycles. The number of hydrogen-bond donors (Lipinski definition) is 2. The van der Waals surface area contributed by atoms with Crippen LogP contribution in [0.3, 0.4) is 0 Å². The van der Waals surface area contributed by atoms with E-state index >= 15 is 0 Å².